The maximum Gasteiger partial charge on any atom is 0.137 e. The maximum absolute atomic E-state index is 13.4. The zero-order valence-electron chi connectivity index (χ0n) is 11.1. The van der Waals surface area contributed by atoms with Crippen LogP contribution in [0.25, 0.3) is 0 Å². The lowest BCUT2D eigenvalue weighted by Gasteiger charge is -2.19. The monoisotopic (exact) mass is 375 g/mol. The summed E-state index contributed by atoms with van der Waals surface area (Å²) in [4.78, 5) is 1.23. The van der Waals surface area contributed by atoms with Crippen LogP contribution in [-0.2, 0) is 6.42 Å². The van der Waals surface area contributed by atoms with Crippen molar-refractivity contribution in [3.63, 3.8) is 0 Å². The molecule has 20 heavy (non-hydrogen) atoms. The van der Waals surface area contributed by atoms with E-state index < -0.39 is 0 Å². The van der Waals surface area contributed by atoms with Gasteiger partial charge in [0.1, 0.15) is 5.82 Å². The van der Waals surface area contributed by atoms with E-state index in [2.05, 4.69) is 28.2 Å². The quantitative estimate of drug-likeness (QED) is 0.693. The van der Waals surface area contributed by atoms with E-state index in [1.807, 2.05) is 24.3 Å². The van der Waals surface area contributed by atoms with Crippen LogP contribution in [0.1, 0.15) is 29.8 Å². The zero-order valence-corrected chi connectivity index (χ0v) is 14.3. The Hall–Kier alpha value is -0.420. The van der Waals surface area contributed by atoms with Gasteiger partial charge >= 0.3 is 0 Å². The van der Waals surface area contributed by atoms with Crippen LogP contribution in [0.2, 0.25) is 4.34 Å². The van der Waals surface area contributed by atoms with Crippen molar-refractivity contribution in [3.05, 3.63) is 55.4 Å². The normalized spacial score (nSPS) is 12.6. The van der Waals surface area contributed by atoms with Gasteiger partial charge in [0.2, 0.25) is 0 Å². The fraction of sp³-hybridized carbons (Fsp3) is 0.333. The molecule has 1 heterocycles. The van der Waals surface area contributed by atoms with Gasteiger partial charge in [0.15, 0.2) is 0 Å². The number of benzene rings is 1. The van der Waals surface area contributed by atoms with Gasteiger partial charge in [-0.1, -0.05) is 24.6 Å². The smallest absolute Gasteiger partial charge is 0.137 e. The van der Waals surface area contributed by atoms with E-state index in [4.69, 9.17) is 11.6 Å². The lowest BCUT2D eigenvalue weighted by atomic mass is 10.0. The molecule has 1 aromatic carbocycles. The molecule has 2 rings (SSSR count). The molecule has 1 nitrogen and oxygen atoms in total. The number of rotatable bonds is 6. The molecule has 108 valence electrons. The highest BCUT2D eigenvalue weighted by Crippen LogP contribution is 2.28. The molecule has 0 saturated carbocycles. The van der Waals surface area contributed by atoms with Gasteiger partial charge in [-0.2, -0.15) is 0 Å². The second-order valence-corrected chi connectivity index (χ2v) is 7.24. The van der Waals surface area contributed by atoms with Gasteiger partial charge in [0, 0.05) is 17.3 Å². The third-order valence-electron chi connectivity index (χ3n) is 3.02. The van der Waals surface area contributed by atoms with Crippen LogP contribution in [0.15, 0.2) is 34.8 Å². The summed E-state index contributed by atoms with van der Waals surface area (Å²) >= 11 is 10.8. The highest BCUT2D eigenvalue weighted by molar-refractivity contribution is 9.10. The Morgan fingerprint density at radius 1 is 1.35 bits per heavy atom. The standard InChI is InChI=1S/C15H16BrClFNS/c1-2-7-19-14(9-11-4-6-15(17)20-11)10-3-5-13(18)12(16)8-10/h3-6,8,14,19H,2,7,9H2,1H3. The van der Waals surface area contributed by atoms with E-state index in [0.29, 0.717) is 4.47 Å². The number of hydrogen-bond donors (Lipinski definition) is 1. The largest absolute Gasteiger partial charge is 0.310 e. The topological polar surface area (TPSA) is 12.0 Å². The van der Waals surface area contributed by atoms with Crippen molar-refractivity contribution in [2.75, 3.05) is 6.54 Å². The fourth-order valence-electron chi connectivity index (χ4n) is 2.02. The van der Waals surface area contributed by atoms with Crippen LogP contribution in [0, 0.1) is 5.82 Å². The molecule has 0 aliphatic carbocycles. The Morgan fingerprint density at radius 3 is 2.75 bits per heavy atom. The van der Waals surface area contributed by atoms with Crippen molar-refractivity contribution in [2.45, 2.75) is 25.8 Å². The Morgan fingerprint density at radius 2 is 2.15 bits per heavy atom. The Bertz CT molecular complexity index is 573. The second-order valence-electron chi connectivity index (χ2n) is 4.59. The average molecular weight is 377 g/mol. The molecule has 1 unspecified atom stereocenters. The first kappa shape index (κ1) is 16.0. The number of halogens is 3. The van der Waals surface area contributed by atoms with Gasteiger partial charge < -0.3 is 5.32 Å². The summed E-state index contributed by atoms with van der Waals surface area (Å²) in [5.41, 5.74) is 1.08. The third-order valence-corrected chi connectivity index (χ3v) is 4.88. The Balaban J connectivity index is 2.19. The predicted octanol–water partition coefficient (Wildman–Crippen LogP) is 5.59. The Kier molecular flexibility index (Phi) is 6.02. The molecule has 0 fully saturated rings. The first-order valence-electron chi connectivity index (χ1n) is 6.52. The first-order chi connectivity index (χ1) is 9.60. The zero-order chi connectivity index (χ0) is 14.5. The van der Waals surface area contributed by atoms with E-state index in [0.717, 1.165) is 29.3 Å². The molecule has 0 radical (unpaired) electrons. The van der Waals surface area contributed by atoms with Gasteiger partial charge in [-0.3, -0.25) is 0 Å². The third kappa shape index (κ3) is 4.29. The Labute approximate surface area is 136 Å². The molecule has 0 bridgehead atoms. The molecule has 2 aromatic rings. The van der Waals surface area contributed by atoms with Gasteiger partial charge in [0.25, 0.3) is 0 Å². The van der Waals surface area contributed by atoms with Gasteiger partial charge in [-0.15, -0.1) is 11.3 Å². The van der Waals surface area contributed by atoms with Crippen molar-refractivity contribution >= 4 is 38.9 Å². The highest BCUT2D eigenvalue weighted by atomic mass is 79.9. The SMILES string of the molecule is CCCNC(Cc1ccc(Cl)s1)c1ccc(F)c(Br)c1. The summed E-state index contributed by atoms with van der Waals surface area (Å²) < 4.78 is 14.7. The summed E-state index contributed by atoms with van der Waals surface area (Å²) in [6, 6.07) is 9.31. The van der Waals surface area contributed by atoms with Gasteiger partial charge in [0.05, 0.1) is 8.81 Å². The summed E-state index contributed by atoms with van der Waals surface area (Å²) in [6.45, 7) is 3.06. The summed E-state index contributed by atoms with van der Waals surface area (Å²) in [7, 11) is 0. The van der Waals surface area contributed by atoms with Crippen molar-refractivity contribution < 1.29 is 4.39 Å². The molecule has 1 N–H and O–H groups in total. The minimum atomic E-state index is -0.234. The molecule has 0 amide bonds. The second kappa shape index (κ2) is 7.55. The molecule has 0 saturated heterocycles. The molecule has 5 heteroatoms. The number of thiophene rings is 1. The van der Waals surface area contributed by atoms with E-state index in [-0.39, 0.29) is 11.9 Å². The van der Waals surface area contributed by atoms with Gasteiger partial charge in [-0.05, 0) is 58.7 Å². The highest BCUT2D eigenvalue weighted by Gasteiger charge is 2.14. The fourth-order valence-corrected chi connectivity index (χ4v) is 3.55. The maximum atomic E-state index is 13.4. The van der Waals surface area contributed by atoms with Crippen LogP contribution < -0.4 is 5.32 Å². The van der Waals surface area contributed by atoms with Crippen molar-refractivity contribution in [1.82, 2.24) is 5.32 Å². The minimum Gasteiger partial charge on any atom is -0.310 e. The summed E-state index contributed by atoms with van der Waals surface area (Å²) in [5, 5.41) is 3.51. The van der Waals surface area contributed by atoms with Crippen LogP contribution in [0.5, 0.6) is 0 Å². The van der Waals surface area contributed by atoms with Gasteiger partial charge in [-0.25, -0.2) is 4.39 Å². The minimum absolute atomic E-state index is 0.168. The molecule has 0 aliphatic rings. The summed E-state index contributed by atoms with van der Waals surface area (Å²) in [5.74, 6) is -0.234. The molecular formula is C15H16BrClFNS. The number of nitrogens with one attached hydrogen (secondary N) is 1. The first-order valence-corrected chi connectivity index (χ1v) is 8.51. The van der Waals surface area contributed by atoms with E-state index in [9.17, 15) is 4.39 Å². The van der Waals surface area contributed by atoms with Crippen LogP contribution in [0.3, 0.4) is 0 Å². The van der Waals surface area contributed by atoms with Crippen molar-refractivity contribution in [1.29, 1.82) is 0 Å². The average Bonchev–Trinajstić information content (AvgIpc) is 2.83. The summed E-state index contributed by atoms with van der Waals surface area (Å²) in [6.07, 6.45) is 1.92. The molecule has 1 aromatic heterocycles. The lowest BCUT2D eigenvalue weighted by Crippen LogP contribution is -2.23. The van der Waals surface area contributed by atoms with Crippen LogP contribution >= 0.6 is 38.9 Å². The van der Waals surface area contributed by atoms with Crippen molar-refractivity contribution in [3.8, 4) is 0 Å². The van der Waals surface area contributed by atoms with E-state index >= 15 is 0 Å². The molecule has 0 spiro atoms. The van der Waals surface area contributed by atoms with E-state index in [1.54, 1.807) is 11.3 Å². The predicted molar refractivity (Wildman–Crippen MR) is 88.2 cm³/mol. The number of hydrogen-bond acceptors (Lipinski definition) is 2. The van der Waals surface area contributed by atoms with Crippen LogP contribution in [-0.4, -0.2) is 6.54 Å². The molecule has 0 aliphatic heterocycles. The van der Waals surface area contributed by atoms with Crippen LogP contribution in [0.4, 0.5) is 4.39 Å². The lowest BCUT2D eigenvalue weighted by molar-refractivity contribution is 0.530. The van der Waals surface area contributed by atoms with E-state index in [1.165, 1.54) is 10.9 Å². The van der Waals surface area contributed by atoms with Crippen molar-refractivity contribution in [2.24, 2.45) is 0 Å². The molecular weight excluding hydrogens is 361 g/mol. The molecule has 1 atom stereocenters.